The van der Waals surface area contributed by atoms with Gasteiger partial charge in [0, 0.05) is 34.4 Å². The van der Waals surface area contributed by atoms with E-state index >= 15 is 0 Å². The van der Waals surface area contributed by atoms with Gasteiger partial charge in [-0.15, -0.1) is 0 Å². The van der Waals surface area contributed by atoms with Crippen molar-refractivity contribution in [2.24, 2.45) is 22.2 Å². The molecule has 0 bridgehead atoms. The van der Waals surface area contributed by atoms with Crippen molar-refractivity contribution in [3.63, 3.8) is 0 Å². The maximum absolute atomic E-state index is 2.91. The first kappa shape index (κ1) is 40.1. The van der Waals surface area contributed by atoms with E-state index in [0.29, 0.717) is 24.3 Å². The number of benzene rings is 2. The zero-order chi connectivity index (χ0) is 41.8. The minimum Gasteiger partial charge on any atom is -0.341 e. The highest BCUT2D eigenvalue weighted by Crippen LogP contribution is 2.61. The van der Waals surface area contributed by atoms with Crippen LogP contribution < -0.4 is 0 Å². The molecule has 1 aromatic heterocycles. The topological polar surface area (TPSA) is 4.93 Å². The smallest absolute Gasteiger partial charge is 0.191 e. The van der Waals surface area contributed by atoms with Crippen molar-refractivity contribution in [2.45, 2.75) is 139 Å². The van der Waals surface area contributed by atoms with Gasteiger partial charge in [-0.05, 0) is 103 Å². The Morgan fingerprint density at radius 1 is 0.661 bits per heavy atom. The maximum atomic E-state index is 2.91. The van der Waals surface area contributed by atoms with Crippen LogP contribution in [-0.4, -0.2) is 11.3 Å². The van der Waals surface area contributed by atoms with Gasteiger partial charge in [-0.1, -0.05) is 204 Å². The first-order valence-electron chi connectivity index (χ1n) is 22.9. The molecule has 59 heavy (non-hydrogen) atoms. The number of rotatable bonds is 4. The summed E-state index contributed by atoms with van der Waals surface area (Å²) < 4.78 is 2.91. The molecule has 0 radical (unpaired) electrons. The number of aryl methyl sites for hydroxylation is 2. The zero-order valence-corrected chi connectivity index (χ0v) is 38.3. The van der Waals surface area contributed by atoms with Gasteiger partial charge in [0.2, 0.25) is 0 Å². The van der Waals surface area contributed by atoms with E-state index in [9.17, 15) is 0 Å². The molecule has 0 fully saturated rings. The Kier molecular flexibility index (Phi) is 9.81. The normalized spacial score (nSPS) is 25.4. The fraction of sp³-hybridized carbons (Fsp3) is 0.439. The monoisotopic (exact) mass is 778 g/mol. The molecule has 1 nitrogen and oxygen atoms in total. The highest BCUT2D eigenvalue weighted by atomic mass is 15.1. The summed E-state index contributed by atoms with van der Waals surface area (Å²) in [4.78, 5) is 0. The first-order valence-corrected chi connectivity index (χ1v) is 22.9. The Hall–Kier alpha value is -4.30. The minimum atomic E-state index is 0.0596. The molecule has 1 aliphatic heterocycles. The molecule has 0 amide bonds. The second-order valence-corrected chi connectivity index (χ2v) is 22.3. The van der Waals surface area contributed by atoms with E-state index in [2.05, 4.69) is 191 Å². The predicted octanol–water partition coefficient (Wildman–Crippen LogP) is 15.5. The molecule has 5 unspecified atom stereocenters. The molecule has 0 N–H and O–H groups in total. The molecular weight excluding hydrogens is 709 g/mol. The summed E-state index contributed by atoms with van der Waals surface area (Å²) in [6.45, 7) is 28.9. The molecule has 2 aromatic carbocycles. The van der Waals surface area contributed by atoms with Gasteiger partial charge in [0.25, 0.3) is 0 Å². The zero-order valence-electron chi connectivity index (χ0n) is 38.3. The maximum Gasteiger partial charge on any atom is 0.191 e. The number of hydrogen-bond acceptors (Lipinski definition) is 0. The molecule has 6 aliphatic rings. The Bertz CT molecular complexity index is 2440. The van der Waals surface area contributed by atoms with Crippen molar-refractivity contribution in [3.8, 4) is 0 Å². The van der Waals surface area contributed by atoms with Crippen LogP contribution in [0.4, 0.5) is 0 Å². The molecule has 5 atom stereocenters. The number of allylic oxidation sites excluding steroid dienone is 14. The van der Waals surface area contributed by atoms with Crippen LogP contribution >= 0.6 is 0 Å². The molecule has 304 valence electrons. The van der Waals surface area contributed by atoms with Crippen LogP contribution in [0, 0.1) is 36.0 Å². The third-order valence-electron chi connectivity index (χ3n) is 15.1. The van der Waals surface area contributed by atoms with Gasteiger partial charge in [-0.3, -0.25) is 0 Å². The Morgan fingerprint density at radius 3 is 1.95 bits per heavy atom. The van der Waals surface area contributed by atoms with E-state index in [0.717, 1.165) is 32.1 Å². The molecular formula is C57H68BN. The lowest BCUT2D eigenvalue weighted by molar-refractivity contribution is 0.449. The average Bonchev–Trinajstić information content (AvgIpc) is 3.52. The molecule has 9 rings (SSSR count). The van der Waals surface area contributed by atoms with Gasteiger partial charge in [-0.2, -0.15) is 0 Å². The van der Waals surface area contributed by atoms with Gasteiger partial charge in [0.15, 0.2) is 6.71 Å². The van der Waals surface area contributed by atoms with E-state index < -0.39 is 0 Å². The molecule has 2 heterocycles. The summed E-state index contributed by atoms with van der Waals surface area (Å²) >= 11 is 0. The number of fused-ring (bicyclic) bond motifs is 5. The second-order valence-electron chi connectivity index (χ2n) is 22.3. The number of aromatic nitrogens is 1. The molecule has 5 aliphatic carbocycles. The van der Waals surface area contributed by atoms with E-state index in [1.165, 1.54) is 50.1 Å². The van der Waals surface area contributed by atoms with Crippen LogP contribution in [-0.2, 0) is 6.42 Å². The van der Waals surface area contributed by atoms with Crippen LogP contribution in [0.5, 0.6) is 0 Å². The molecule has 0 saturated heterocycles. The Labute approximate surface area is 357 Å². The summed E-state index contributed by atoms with van der Waals surface area (Å²) in [7, 11) is 0. The quantitative estimate of drug-likeness (QED) is 0.233. The summed E-state index contributed by atoms with van der Waals surface area (Å²) in [5.41, 5.74) is 22.8. The van der Waals surface area contributed by atoms with Gasteiger partial charge >= 0.3 is 0 Å². The van der Waals surface area contributed by atoms with Crippen molar-refractivity contribution in [3.05, 3.63) is 169 Å². The van der Waals surface area contributed by atoms with Crippen molar-refractivity contribution in [2.75, 3.05) is 0 Å². The average molecular weight is 778 g/mol. The summed E-state index contributed by atoms with van der Waals surface area (Å²) in [5.74, 6) is 1.40. The second kappa shape index (κ2) is 14.4. The molecule has 0 saturated carbocycles. The first-order chi connectivity index (χ1) is 27.9. The summed E-state index contributed by atoms with van der Waals surface area (Å²) in [6.07, 6.45) is 28.7. The SMILES string of the molecule is CC1=CCC(C2=CC(c3ccc(C)cc3)=C(B3C4CC(C(C)(C)C)=Cc5c6c(n(c54)C4C=CC(C(C)(C)C)=CC34)CCC(C(C)(C)C)=C6)C(c3ccc(C)cc3)C2)C=C1. The third kappa shape index (κ3) is 7.15. The van der Waals surface area contributed by atoms with Gasteiger partial charge in [0.05, 0.1) is 6.04 Å². The molecule has 3 aromatic rings. The minimum absolute atomic E-state index is 0.0596. The van der Waals surface area contributed by atoms with Crippen LogP contribution in [0.2, 0.25) is 5.82 Å². The van der Waals surface area contributed by atoms with Crippen molar-refractivity contribution >= 4 is 24.4 Å². The van der Waals surface area contributed by atoms with E-state index in [4.69, 9.17) is 0 Å². The lowest BCUT2D eigenvalue weighted by Gasteiger charge is -2.49. The van der Waals surface area contributed by atoms with E-state index in [1.54, 1.807) is 33.6 Å². The lowest BCUT2D eigenvalue weighted by atomic mass is 9.23. The largest absolute Gasteiger partial charge is 0.341 e. The Balaban J connectivity index is 1.38. The highest BCUT2D eigenvalue weighted by molar-refractivity contribution is 6.72. The highest BCUT2D eigenvalue weighted by Gasteiger charge is 2.53. The summed E-state index contributed by atoms with van der Waals surface area (Å²) in [6, 6.07) is 19.5. The standard InChI is InChI=1S/C57H68BN/c1-35-13-19-38(20-14-35)41-29-45(39-21-15-36(2)16-22-39)53(46(30-41)40-23-17-37(3)18-24-40)58-49-33-43(56(7,8)9)26-28-52(49)59-51-27-25-42(55(4,5)6)31-47(51)48-32-44(57(10,11)12)34-50(58)54(48)59/h13-19,21-24,26,28-29,31-33,38,46,49-50,52H,20,25,27,30,34H2,1-12H3. The third-order valence-corrected chi connectivity index (χ3v) is 15.1. The van der Waals surface area contributed by atoms with E-state index in [-0.39, 0.29) is 28.2 Å². The summed E-state index contributed by atoms with van der Waals surface area (Å²) in [5, 5.41) is 0. The lowest BCUT2D eigenvalue weighted by Crippen LogP contribution is -2.46. The molecule has 0 spiro atoms. The number of nitrogens with zero attached hydrogens (tertiary/aromatic N) is 1. The van der Waals surface area contributed by atoms with Crippen molar-refractivity contribution in [1.29, 1.82) is 0 Å². The van der Waals surface area contributed by atoms with E-state index in [1.807, 2.05) is 0 Å². The fourth-order valence-electron chi connectivity index (χ4n) is 11.5. The Morgan fingerprint density at radius 2 is 1.32 bits per heavy atom. The van der Waals surface area contributed by atoms with Gasteiger partial charge in [-0.25, -0.2) is 0 Å². The van der Waals surface area contributed by atoms with Crippen molar-refractivity contribution < 1.29 is 0 Å². The van der Waals surface area contributed by atoms with Crippen LogP contribution in [0.15, 0.2) is 124 Å². The van der Waals surface area contributed by atoms with Crippen LogP contribution in [0.25, 0.3) is 17.7 Å². The number of hydrogen-bond donors (Lipinski definition) is 0. The van der Waals surface area contributed by atoms with Crippen LogP contribution in [0.1, 0.15) is 157 Å². The van der Waals surface area contributed by atoms with Crippen molar-refractivity contribution in [1.82, 2.24) is 4.57 Å². The van der Waals surface area contributed by atoms with Gasteiger partial charge in [0.1, 0.15) is 0 Å². The predicted molar refractivity (Wildman–Crippen MR) is 256 cm³/mol. The fourth-order valence-corrected chi connectivity index (χ4v) is 11.5. The molecule has 2 heteroatoms. The van der Waals surface area contributed by atoms with Gasteiger partial charge < -0.3 is 4.57 Å². The van der Waals surface area contributed by atoms with Crippen LogP contribution in [0.3, 0.4) is 0 Å².